The first-order valence-electron chi connectivity index (χ1n) is 9.07. The summed E-state index contributed by atoms with van der Waals surface area (Å²) in [6.45, 7) is 0. The van der Waals surface area contributed by atoms with Gasteiger partial charge in [-0.1, -0.05) is 22.9 Å². The van der Waals surface area contributed by atoms with Crippen molar-refractivity contribution in [1.82, 2.24) is 4.98 Å². The molecule has 2 fully saturated rings. The Bertz CT molecular complexity index is 1110. The summed E-state index contributed by atoms with van der Waals surface area (Å²) >= 11 is 9.03. The largest absolute Gasteiger partial charge is 0.481 e. The van der Waals surface area contributed by atoms with Gasteiger partial charge in [-0.25, -0.2) is 0 Å². The van der Waals surface area contributed by atoms with E-state index in [1.54, 1.807) is 23.9 Å². The van der Waals surface area contributed by atoms with Crippen molar-refractivity contribution in [2.24, 2.45) is 29.6 Å². The highest BCUT2D eigenvalue weighted by Crippen LogP contribution is 2.68. The average molecular weight is 436 g/mol. The second kappa shape index (κ2) is 5.64. The number of carbonyl (C=O) groups is 2. The number of rotatable bonds is 1. The Morgan fingerprint density at radius 3 is 2.89 bits per heavy atom. The van der Waals surface area contributed by atoms with Gasteiger partial charge in [-0.05, 0) is 42.4 Å². The van der Waals surface area contributed by atoms with E-state index in [9.17, 15) is 19.5 Å². The number of nitrogens with one attached hydrogen (secondary N) is 1. The average Bonchev–Trinajstić information content (AvgIpc) is 3.30. The highest BCUT2D eigenvalue weighted by atomic mass is 35.5. The number of halogens is 1. The van der Waals surface area contributed by atoms with Crippen LogP contribution in [0, 0.1) is 29.6 Å². The van der Waals surface area contributed by atoms with Crippen LogP contribution in [0.3, 0.4) is 0 Å². The molecule has 0 unspecified atom stereocenters. The van der Waals surface area contributed by atoms with E-state index in [0.29, 0.717) is 17.2 Å². The number of hydrogen-bond acceptors (Lipinski definition) is 6. The van der Waals surface area contributed by atoms with Gasteiger partial charge in [-0.15, -0.1) is 11.8 Å². The van der Waals surface area contributed by atoms with Crippen LogP contribution < -0.4 is 9.61 Å². The van der Waals surface area contributed by atoms with E-state index in [1.165, 1.54) is 11.3 Å². The van der Waals surface area contributed by atoms with Crippen molar-refractivity contribution in [3.63, 3.8) is 0 Å². The van der Waals surface area contributed by atoms with Gasteiger partial charge in [0, 0.05) is 26.6 Å². The van der Waals surface area contributed by atoms with E-state index in [-0.39, 0.29) is 33.8 Å². The molecule has 0 spiro atoms. The Hall–Kier alpha value is -1.77. The fourth-order valence-corrected chi connectivity index (χ4v) is 9.03. The molecule has 2 saturated carbocycles. The highest BCUT2D eigenvalue weighted by molar-refractivity contribution is 8.00. The first kappa shape index (κ1) is 17.1. The van der Waals surface area contributed by atoms with Crippen molar-refractivity contribution in [1.29, 1.82) is 0 Å². The lowest BCUT2D eigenvalue weighted by atomic mass is 9.66. The zero-order chi connectivity index (χ0) is 19.3. The van der Waals surface area contributed by atoms with Gasteiger partial charge in [0.1, 0.15) is 5.75 Å². The molecule has 2 aliphatic heterocycles. The highest BCUT2D eigenvalue weighted by Gasteiger charge is 2.67. The number of H-pyrrole nitrogens is 1. The Labute approximate surface area is 172 Å². The van der Waals surface area contributed by atoms with Gasteiger partial charge >= 0.3 is 16.8 Å². The van der Waals surface area contributed by atoms with Crippen LogP contribution in [-0.4, -0.2) is 27.3 Å². The van der Waals surface area contributed by atoms with E-state index in [2.05, 4.69) is 4.98 Å². The number of benzene rings is 1. The molecule has 2 N–H and O–H groups in total. The predicted octanol–water partition coefficient (Wildman–Crippen LogP) is 3.20. The molecule has 1 aromatic heterocycles. The molecule has 0 amide bonds. The smallest absolute Gasteiger partial charge is 0.315 e. The van der Waals surface area contributed by atoms with Crippen LogP contribution >= 0.6 is 34.7 Å². The summed E-state index contributed by atoms with van der Waals surface area (Å²) in [5.74, 6) is -2.60. The molecule has 4 aliphatic rings. The number of carboxylic acids is 1. The SMILES string of the molecule is O=C(O)[C@@H]1[C@H]2C[C@H]3[C@@H]1C(=O)Oc1ccc(Cl)cc1[C@H]1c4sc(=O)[nH]c4S[C@H]2[C@H]13. The van der Waals surface area contributed by atoms with Crippen LogP contribution in [0.1, 0.15) is 22.8 Å². The van der Waals surface area contributed by atoms with Crippen molar-refractivity contribution >= 4 is 46.6 Å². The second-order valence-electron chi connectivity index (χ2n) is 7.90. The second-order valence-corrected chi connectivity index (χ2v) is 10.5. The van der Waals surface area contributed by atoms with Crippen LogP contribution in [0.2, 0.25) is 5.02 Å². The monoisotopic (exact) mass is 435 g/mol. The van der Waals surface area contributed by atoms with Crippen molar-refractivity contribution < 1.29 is 19.4 Å². The molecule has 0 saturated heterocycles. The number of ether oxygens (including phenoxy) is 1. The van der Waals surface area contributed by atoms with Crippen molar-refractivity contribution in [2.45, 2.75) is 22.6 Å². The normalized spacial score (nSPS) is 36.9. The van der Waals surface area contributed by atoms with Gasteiger partial charge in [0.2, 0.25) is 0 Å². The third-order valence-corrected chi connectivity index (χ3v) is 9.61. The van der Waals surface area contributed by atoms with Gasteiger partial charge in [-0.3, -0.25) is 14.4 Å². The third-order valence-electron chi connectivity index (χ3n) is 6.79. The molecule has 6 nitrogen and oxygen atoms in total. The molecule has 2 bridgehead atoms. The fourth-order valence-electron chi connectivity index (χ4n) is 5.97. The van der Waals surface area contributed by atoms with Gasteiger partial charge < -0.3 is 14.8 Å². The summed E-state index contributed by atoms with van der Waals surface area (Å²) in [6.07, 6.45) is 0.699. The van der Waals surface area contributed by atoms with Crippen LogP contribution in [0.15, 0.2) is 28.0 Å². The van der Waals surface area contributed by atoms with E-state index in [1.807, 2.05) is 6.07 Å². The third kappa shape index (κ3) is 2.08. The molecule has 9 heteroatoms. The van der Waals surface area contributed by atoms with Crippen LogP contribution in [-0.2, 0) is 9.59 Å². The van der Waals surface area contributed by atoms with Crippen molar-refractivity contribution in [3.8, 4) is 5.75 Å². The Morgan fingerprint density at radius 1 is 1.29 bits per heavy atom. The number of thioether (sulfide) groups is 1. The lowest BCUT2D eigenvalue weighted by Crippen LogP contribution is -2.49. The van der Waals surface area contributed by atoms with E-state index < -0.39 is 23.8 Å². The minimum Gasteiger partial charge on any atom is -0.481 e. The predicted molar refractivity (Wildman–Crippen MR) is 103 cm³/mol. The number of carbonyl (C=O) groups excluding carboxylic acids is 1. The standard InChI is InChI=1S/C19H14ClNO5S2/c20-5-1-2-9-6(3-5)10-11-7-4-8(12(17(22)23)13(7)18(24)26-9)14(11)27-16-15(10)28-19(25)21-16/h1-3,7-8,10-14H,4H2,(H,21,25)(H,22,23)/t7-,8-,10-,11+,12-,13+,14-/m1/s1. The number of esters is 1. The van der Waals surface area contributed by atoms with E-state index in [0.717, 1.165) is 15.5 Å². The van der Waals surface area contributed by atoms with Gasteiger partial charge in [-0.2, -0.15) is 0 Å². The van der Waals surface area contributed by atoms with Crippen molar-refractivity contribution in [3.05, 3.63) is 43.3 Å². The van der Waals surface area contributed by atoms with Crippen LogP contribution in [0.25, 0.3) is 0 Å². The van der Waals surface area contributed by atoms with Crippen molar-refractivity contribution in [2.75, 3.05) is 0 Å². The zero-order valence-electron chi connectivity index (χ0n) is 14.3. The maximum Gasteiger partial charge on any atom is 0.315 e. The number of hydrogen-bond donors (Lipinski definition) is 2. The van der Waals surface area contributed by atoms with Crippen LogP contribution in [0.5, 0.6) is 5.75 Å². The molecule has 1 aromatic carbocycles. The lowest BCUT2D eigenvalue weighted by Gasteiger charge is -2.45. The summed E-state index contributed by atoms with van der Waals surface area (Å²) in [7, 11) is 0. The van der Waals surface area contributed by atoms with E-state index >= 15 is 0 Å². The number of fused-ring (bicyclic) bond motifs is 6. The molecule has 0 radical (unpaired) electrons. The first-order valence-corrected chi connectivity index (χ1v) is 11.1. The Kier molecular flexibility index (Phi) is 3.45. The number of aliphatic carboxylic acids is 1. The summed E-state index contributed by atoms with van der Waals surface area (Å²) in [5.41, 5.74) is 0.811. The zero-order valence-corrected chi connectivity index (χ0v) is 16.6. The molecule has 2 aromatic rings. The number of carboxylic acid groups (broad SMARTS) is 1. The van der Waals surface area contributed by atoms with Crippen LogP contribution in [0.4, 0.5) is 0 Å². The summed E-state index contributed by atoms with van der Waals surface area (Å²) in [6, 6.07) is 5.15. The fraction of sp³-hybridized carbons (Fsp3) is 0.421. The molecule has 2 aliphatic carbocycles. The summed E-state index contributed by atoms with van der Waals surface area (Å²) < 4.78 is 5.72. The summed E-state index contributed by atoms with van der Waals surface area (Å²) in [4.78, 5) is 40.9. The number of aromatic nitrogens is 1. The molecule has 7 atom stereocenters. The van der Waals surface area contributed by atoms with Gasteiger partial charge in [0.05, 0.1) is 16.9 Å². The number of aromatic amines is 1. The molecule has 28 heavy (non-hydrogen) atoms. The lowest BCUT2D eigenvalue weighted by molar-refractivity contribution is -0.156. The first-order chi connectivity index (χ1) is 13.4. The Balaban J connectivity index is 1.64. The summed E-state index contributed by atoms with van der Waals surface area (Å²) in [5, 5.41) is 11.3. The minimum absolute atomic E-state index is 0.0443. The maximum atomic E-state index is 13.0. The maximum absolute atomic E-state index is 13.0. The van der Waals surface area contributed by atoms with Gasteiger partial charge in [0.15, 0.2) is 0 Å². The Morgan fingerprint density at radius 2 is 2.11 bits per heavy atom. The minimum atomic E-state index is -0.938. The van der Waals surface area contributed by atoms with Gasteiger partial charge in [0.25, 0.3) is 0 Å². The molecule has 3 heterocycles. The number of thiazole rings is 1. The quantitative estimate of drug-likeness (QED) is 0.527. The molecular weight excluding hydrogens is 422 g/mol. The molecule has 6 rings (SSSR count). The molecule has 144 valence electrons. The molecular formula is C19H14ClNO5S2. The topological polar surface area (TPSA) is 96.5 Å². The van der Waals surface area contributed by atoms with E-state index in [4.69, 9.17) is 16.3 Å².